The molecule has 238 valence electrons. The molecule has 1 aliphatic rings. The maximum absolute atomic E-state index is 14.2. The molecule has 3 N–H and O–H groups in total. The Bertz CT molecular complexity index is 1390. The van der Waals surface area contributed by atoms with Gasteiger partial charge in [0.1, 0.15) is 29.5 Å². The van der Waals surface area contributed by atoms with E-state index in [0.29, 0.717) is 23.5 Å². The molecule has 0 saturated carbocycles. The van der Waals surface area contributed by atoms with Crippen LogP contribution in [0.15, 0.2) is 54.7 Å². The molecule has 0 aliphatic carbocycles. The standard InChI is InChI=1S/C33H44F2N6O3/c1-22(2)20-33(6,40-31(42)44-32(3,4)5)21-43-27-12-11-26(39-29(27)30(34)35)23-13-14-37-28(19-23)38-24-7-9-25(10-8-24)41-17-15-36-16-18-41/h7-14,19,22,30,36H,15-18,20-21H2,1-6H3,(H,37,38)(H,40,42)/t33-/m0/s1. The maximum Gasteiger partial charge on any atom is 0.408 e. The summed E-state index contributed by atoms with van der Waals surface area (Å²) in [5, 5.41) is 9.51. The Morgan fingerprint density at radius 3 is 2.39 bits per heavy atom. The molecule has 1 saturated heterocycles. The number of alkyl halides is 2. The maximum atomic E-state index is 14.2. The number of hydrogen-bond donors (Lipinski definition) is 3. The Hall–Kier alpha value is -3.99. The summed E-state index contributed by atoms with van der Waals surface area (Å²) in [6.07, 6.45) is -1.30. The van der Waals surface area contributed by atoms with Gasteiger partial charge in [-0.25, -0.2) is 23.5 Å². The molecule has 2 aromatic heterocycles. The zero-order valence-corrected chi connectivity index (χ0v) is 26.4. The quantitative estimate of drug-likeness (QED) is 0.215. The number of carbonyl (C=O) groups excluding carboxylic acids is 1. The van der Waals surface area contributed by atoms with E-state index in [4.69, 9.17) is 9.47 Å². The van der Waals surface area contributed by atoms with Crippen molar-refractivity contribution in [1.29, 1.82) is 0 Å². The second kappa shape index (κ2) is 14.2. The summed E-state index contributed by atoms with van der Waals surface area (Å²) in [5.41, 5.74) is 1.01. The Morgan fingerprint density at radius 2 is 1.75 bits per heavy atom. The molecule has 0 bridgehead atoms. The third-order valence-electron chi connectivity index (χ3n) is 6.98. The third-order valence-corrected chi connectivity index (χ3v) is 6.98. The van der Waals surface area contributed by atoms with Gasteiger partial charge in [0, 0.05) is 49.3 Å². The zero-order valence-electron chi connectivity index (χ0n) is 26.4. The summed E-state index contributed by atoms with van der Waals surface area (Å²) < 4.78 is 39.8. The second-order valence-corrected chi connectivity index (χ2v) is 12.8. The Balaban J connectivity index is 1.48. The lowest BCUT2D eigenvalue weighted by atomic mass is 9.91. The normalized spacial score (nSPS) is 15.2. The van der Waals surface area contributed by atoms with Gasteiger partial charge in [0.25, 0.3) is 6.43 Å². The summed E-state index contributed by atoms with van der Waals surface area (Å²) in [4.78, 5) is 23.5. The first kappa shape index (κ1) is 32.9. The van der Waals surface area contributed by atoms with Crippen molar-refractivity contribution >= 4 is 23.3 Å². The minimum absolute atomic E-state index is 0.0397. The number of amides is 1. The van der Waals surface area contributed by atoms with E-state index in [1.54, 1.807) is 45.2 Å². The number of pyridine rings is 2. The van der Waals surface area contributed by atoms with Gasteiger partial charge >= 0.3 is 6.09 Å². The number of carbonyl (C=O) groups is 1. The van der Waals surface area contributed by atoms with Crippen LogP contribution in [0.4, 0.5) is 30.8 Å². The number of rotatable bonds is 11. The molecule has 44 heavy (non-hydrogen) atoms. The van der Waals surface area contributed by atoms with Gasteiger partial charge in [0.05, 0.1) is 11.2 Å². The molecule has 0 spiro atoms. The van der Waals surface area contributed by atoms with Crippen LogP contribution in [0.1, 0.15) is 60.1 Å². The topological polar surface area (TPSA) is 101 Å². The minimum atomic E-state index is -2.87. The summed E-state index contributed by atoms with van der Waals surface area (Å²) in [6, 6.07) is 14.8. The van der Waals surface area contributed by atoms with Crippen molar-refractivity contribution in [2.75, 3.05) is 43.0 Å². The second-order valence-electron chi connectivity index (χ2n) is 12.8. The fourth-order valence-corrected chi connectivity index (χ4v) is 5.22. The molecule has 4 rings (SSSR count). The third kappa shape index (κ3) is 9.51. The van der Waals surface area contributed by atoms with E-state index >= 15 is 0 Å². The predicted molar refractivity (Wildman–Crippen MR) is 170 cm³/mol. The molecule has 0 radical (unpaired) electrons. The molecule has 9 nitrogen and oxygen atoms in total. The van der Waals surface area contributed by atoms with Gasteiger partial charge in [-0.15, -0.1) is 0 Å². The molecule has 0 unspecified atom stereocenters. The number of alkyl carbamates (subject to hydrolysis) is 1. The number of aromatic nitrogens is 2. The Morgan fingerprint density at radius 1 is 1.05 bits per heavy atom. The molecule has 1 aromatic carbocycles. The predicted octanol–water partition coefficient (Wildman–Crippen LogP) is 6.94. The first-order chi connectivity index (χ1) is 20.8. The van der Waals surface area contributed by atoms with Gasteiger partial charge in [0.15, 0.2) is 0 Å². The van der Waals surface area contributed by atoms with Crippen molar-refractivity contribution in [3.63, 3.8) is 0 Å². The van der Waals surface area contributed by atoms with E-state index in [0.717, 1.165) is 37.6 Å². The Kier molecular flexibility index (Phi) is 10.6. The highest BCUT2D eigenvalue weighted by atomic mass is 19.3. The average Bonchev–Trinajstić information content (AvgIpc) is 2.95. The summed E-state index contributed by atoms with van der Waals surface area (Å²) in [7, 11) is 0. The zero-order chi connectivity index (χ0) is 31.9. The molecule has 11 heteroatoms. The minimum Gasteiger partial charge on any atom is -0.489 e. The number of nitrogens with one attached hydrogen (secondary N) is 3. The first-order valence-electron chi connectivity index (χ1n) is 15.0. The van der Waals surface area contributed by atoms with Crippen molar-refractivity contribution in [2.45, 2.75) is 65.5 Å². The lowest BCUT2D eigenvalue weighted by molar-refractivity contribution is 0.0404. The monoisotopic (exact) mass is 610 g/mol. The number of hydrogen-bond acceptors (Lipinski definition) is 8. The van der Waals surface area contributed by atoms with Crippen LogP contribution in [-0.4, -0.2) is 60.0 Å². The molecule has 1 amide bonds. The average molecular weight is 611 g/mol. The molecular weight excluding hydrogens is 566 g/mol. The van der Waals surface area contributed by atoms with Crippen LogP contribution in [0, 0.1) is 5.92 Å². The van der Waals surface area contributed by atoms with Gasteiger partial charge in [0.2, 0.25) is 0 Å². The molecule has 1 atom stereocenters. The molecule has 1 fully saturated rings. The summed E-state index contributed by atoms with van der Waals surface area (Å²) >= 11 is 0. The van der Waals surface area contributed by atoms with Crippen LogP contribution < -0.4 is 25.6 Å². The first-order valence-corrected chi connectivity index (χ1v) is 15.0. The molecular formula is C33H44F2N6O3. The van der Waals surface area contributed by atoms with Crippen LogP contribution in [0.3, 0.4) is 0 Å². The fraction of sp³-hybridized carbons (Fsp3) is 0.485. The van der Waals surface area contributed by atoms with Crippen molar-refractivity contribution in [1.82, 2.24) is 20.6 Å². The highest BCUT2D eigenvalue weighted by Gasteiger charge is 2.32. The number of nitrogens with zero attached hydrogens (tertiary/aromatic N) is 3. The van der Waals surface area contributed by atoms with Crippen LogP contribution >= 0.6 is 0 Å². The van der Waals surface area contributed by atoms with E-state index in [9.17, 15) is 13.6 Å². The fourth-order valence-electron chi connectivity index (χ4n) is 5.22. The lowest BCUT2D eigenvalue weighted by Gasteiger charge is -2.33. The SMILES string of the molecule is CC(C)C[C@@](C)(COc1ccc(-c2ccnc(Nc3ccc(N4CCNCC4)cc3)c2)nc1C(F)F)NC(=O)OC(C)(C)C. The molecule has 3 heterocycles. The number of benzene rings is 1. The van der Waals surface area contributed by atoms with E-state index < -0.39 is 29.4 Å². The van der Waals surface area contributed by atoms with Gasteiger partial charge < -0.3 is 30.3 Å². The lowest BCUT2D eigenvalue weighted by Crippen LogP contribution is -2.52. The van der Waals surface area contributed by atoms with E-state index in [1.807, 2.05) is 32.9 Å². The largest absolute Gasteiger partial charge is 0.489 e. The van der Waals surface area contributed by atoms with E-state index in [-0.39, 0.29) is 18.3 Å². The summed E-state index contributed by atoms with van der Waals surface area (Å²) in [6.45, 7) is 15.0. The number of anilines is 3. The van der Waals surface area contributed by atoms with Crippen molar-refractivity contribution in [3.8, 4) is 17.0 Å². The van der Waals surface area contributed by atoms with Gasteiger partial charge in [-0.3, -0.25) is 0 Å². The van der Waals surface area contributed by atoms with Crippen molar-refractivity contribution in [2.24, 2.45) is 5.92 Å². The van der Waals surface area contributed by atoms with Gasteiger partial charge in [-0.05, 0) is 88.6 Å². The number of halogens is 2. The highest BCUT2D eigenvalue weighted by molar-refractivity contribution is 5.69. The Labute approximate surface area is 258 Å². The smallest absolute Gasteiger partial charge is 0.408 e. The summed E-state index contributed by atoms with van der Waals surface area (Å²) in [5.74, 6) is 0.728. The van der Waals surface area contributed by atoms with Crippen molar-refractivity contribution in [3.05, 3.63) is 60.4 Å². The van der Waals surface area contributed by atoms with Gasteiger partial charge in [-0.1, -0.05) is 13.8 Å². The number of piperazine rings is 1. The van der Waals surface area contributed by atoms with Crippen LogP contribution in [0.25, 0.3) is 11.3 Å². The van der Waals surface area contributed by atoms with E-state index in [2.05, 4.69) is 43.0 Å². The van der Waals surface area contributed by atoms with Crippen LogP contribution in [-0.2, 0) is 4.74 Å². The van der Waals surface area contributed by atoms with E-state index in [1.165, 1.54) is 6.07 Å². The molecule has 3 aromatic rings. The molecule has 1 aliphatic heterocycles. The highest BCUT2D eigenvalue weighted by Crippen LogP contribution is 2.32. The van der Waals surface area contributed by atoms with Gasteiger partial charge in [-0.2, -0.15) is 0 Å². The van der Waals surface area contributed by atoms with Crippen molar-refractivity contribution < 1.29 is 23.0 Å². The van der Waals surface area contributed by atoms with Crippen LogP contribution in [0.5, 0.6) is 5.75 Å². The van der Waals surface area contributed by atoms with Crippen LogP contribution in [0.2, 0.25) is 0 Å². The number of ether oxygens (including phenoxy) is 2.